The van der Waals surface area contributed by atoms with Crippen molar-refractivity contribution in [2.75, 3.05) is 5.75 Å². The van der Waals surface area contributed by atoms with Crippen molar-refractivity contribution >= 4 is 11.8 Å². The van der Waals surface area contributed by atoms with E-state index >= 15 is 0 Å². The van der Waals surface area contributed by atoms with Crippen molar-refractivity contribution in [3.8, 4) is 0 Å². The second-order valence-corrected chi connectivity index (χ2v) is 5.67. The molecule has 0 fully saturated rings. The molecule has 2 rings (SSSR count). The lowest BCUT2D eigenvalue weighted by molar-refractivity contribution is 0.538. The lowest BCUT2D eigenvalue weighted by Gasteiger charge is -2.16. The van der Waals surface area contributed by atoms with Gasteiger partial charge in [-0.3, -0.25) is 11.3 Å². The van der Waals surface area contributed by atoms with Crippen LogP contribution in [0.4, 0.5) is 13.2 Å². The van der Waals surface area contributed by atoms with Crippen molar-refractivity contribution in [3.63, 3.8) is 0 Å². The Morgan fingerprint density at radius 2 is 1.81 bits per heavy atom. The van der Waals surface area contributed by atoms with Crippen molar-refractivity contribution in [1.82, 2.24) is 5.43 Å². The largest absolute Gasteiger partial charge is 0.271 e. The monoisotopic (exact) mass is 312 g/mol. The number of halogens is 3. The number of hydrogen-bond acceptors (Lipinski definition) is 3. The molecule has 3 N–H and O–H groups in total. The average molecular weight is 312 g/mol. The molecule has 0 saturated carbocycles. The third kappa shape index (κ3) is 4.77. The minimum Gasteiger partial charge on any atom is -0.271 e. The highest BCUT2D eigenvalue weighted by Crippen LogP contribution is 2.21. The van der Waals surface area contributed by atoms with Gasteiger partial charge >= 0.3 is 0 Å². The third-order valence-electron chi connectivity index (χ3n) is 2.96. The summed E-state index contributed by atoms with van der Waals surface area (Å²) in [6.45, 7) is 0. The molecule has 0 spiro atoms. The van der Waals surface area contributed by atoms with E-state index in [2.05, 4.69) is 5.43 Å². The van der Waals surface area contributed by atoms with Gasteiger partial charge in [-0.15, -0.1) is 11.8 Å². The molecule has 0 saturated heterocycles. The van der Waals surface area contributed by atoms with Crippen LogP contribution in [0.2, 0.25) is 0 Å². The number of benzene rings is 2. The summed E-state index contributed by atoms with van der Waals surface area (Å²) in [7, 11) is 0. The first-order chi connectivity index (χ1) is 10.1. The molecule has 0 aliphatic heterocycles. The predicted molar refractivity (Wildman–Crippen MR) is 78.3 cm³/mol. The van der Waals surface area contributed by atoms with E-state index in [0.29, 0.717) is 5.75 Å². The van der Waals surface area contributed by atoms with Gasteiger partial charge in [-0.05, 0) is 48.4 Å². The average Bonchev–Trinajstić information content (AvgIpc) is 2.47. The SMILES string of the molecule is NNC(CSc1cccc(F)c1)Cc1cc(F)ccc1F. The van der Waals surface area contributed by atoms with Crippen LogP contribution in [0.3, 0.4) is 0 Å². The number of nitrogens with two attached hydrogens (primary N) is 1. The second kappa shape index (κ2) is 7.49. The van der Waals surface area contributed by atoms with Crippen molar-refractivity contribution < 1.29 is 13.2 Å². The van der Waals surface area contributed by atoms with E-state index in [1.165, 1.54) is 23.9 Å². The molecule has 0 bridgehead atoms. The smallest absolute Gasteiger partial charge is 0.126 e. The van der Waals surface area contributed by atoms with Crippen molar-refractivity contribution in [2.45, 2.75) is 17.4 Å². The zero-order valence-corrected chi connectivity index (χ0v) is 12.0. The molecule has 0 aromatic heterocycles. The van der Waals surface area contributed by atoms with E-state index in [1.807, 2.05) is 0 Å². The number of hydrazine groups is 1. The molecule has 6 heteroatoms. The summed E-state index contributed by atoms with van der Waals surface area (Å²) in [4.78, 5) is 0.759. The lowest BCUT2D eigenvalue weighted by atomic mass is 10.1. The van der Waals surface area contributed by atoms with Gasteiger partial charge in [0.1, 0.15) is 17.5 Å². The molecular weight excluding hydrogens is 297 g/mol. The Balaban J connectivity index is 1.98. The molecule has 21 heavy (non-hydrogen) atoms. The highest BCUT2D eigenvalue weighted by molar-refractivity contribution is 7.99. The van der Waals surface area contributed by atoms with Crippen LogP contribution in [0.5, 0.6) is 0 Å². The zero-order chi connectivity index (χ0) is 15.2. The molecule has 0 aliphatic carbocycles. The van der Waals surface area contributed by atoms with Gasteiger partial charge in [-0.25, -0.2) is 13.2 Å². The number of hydrogen-bond donors (Lipinski definition) is 2. The van der Waals surface area contributed by atoms with Crippen LogP contribution in [-0.2, 0) is 6.42 Å². The van der Waals surface area contributed by atoms with Crippen LogP contribution >= 0.6 is 11.8 Å². The summed E-state index contributed by atoms with van der Waals surface area (Å²) in [5, 5.41) is 0. The van der Waals surface area contributed by atoms with Gasteiger partial charge in [0, 0.05) is 16.7 Å². The molecule has 1 atom stereocenters. The fourth-order valence-corrected chi connectivity index (χ4v) is 2.86. The van der Waals surface area contributed by atoms with E-state index < -0.39 is 11.6 Å². The summed E-state index contributed by atoms with van der Waals surface area (Å²) in [6, 6.07) is 9.26. The molecule has 0 heterocycles. The molecule has 2 aromatic carbocycles. The fourth-order valence-electron chi connectivity index (χ4n) is 1.88. The first-order valence-electron chi connectivity index (χ1n) is 6.37. The second-order valence-electron chi connectivity index (χ2n) is 4.57. The first kappa shape index (κ1) is 15.9. The van der Waals surface area contributed by atoms with Crippen LogP contribution in [0.1, 0.15) is 5.56 Å². The minimum absolute atomic E-state index is 0.252. The maximum atomic E-state index is 13.6. The van der Waals surface area contributed by atoms with Gasteiger partial charge < -0.3 is 0 Å². The molecule has 0 amide bonds. The van der Waals surface area contributed by atoms with Gasteiger partial charge in [0.05, 0.1) is 0 Å². The molecular formula is C15H15F3N2S. The van der Waals surface area contributed by atoms with E-state index in [-0.39, 0.29) is 23.8 Å². The van der Waals surface area contributed by atoms with Crippen molar-refractivity contribution in [1.29, 1.82) is 0 Å². The Bertz CT molecular complexity index is 607. The fraction of sp³-hybridized carbons (Fsp3) is 0.200. The zero-order valence-electron chi connectivity index (χ0n) is 11.2. The summed E-state index contributed by atoms with van der Waals surface area (Å²) >= 11 is 1.40. The molecule has 2 aromatic rings. The molecule has 1 unspecified atom stereocenters. The first-order valence-corrected chi connectivity index (χ1v) is 7.35. The highest BCUT2D eigenvalue weighted by atomic mass is 32.2. The Morgan fingerprint density at radius 3 is 2.52 bits per heavy atom. The van der Waals surface area contributed by atoms with E-state index in [4.69, 9.17) is 5.84 Å². The maximum Gasteiger partial charge on any atom is 0.126 e. The summed E-state index contributed by atoms with van der Waals surface area (Å²) in [5.41, 5.74) is 2.84. The van der Waals surface area contributed by atoms with E-state index in [0.717, 1.165) is 23.1 Å². The number of rotatable bonds is 6. The van der Waals surface area contributed by atoms with Crippen molar-refractivity contribution in [2.24, 2.45) is 5.84 Å². The number of nitrogens with one attached hydrogen (secondary N) is 1. The Labute approximate surface area is 125 Å². The highest BCUT2D eigenvalue weighted by Gasteiger charge is 2.12. The predicted octanol–water partition coefficient (Wildman–Crippen LogP) is 3.27. The molecule has 0 aliphatic rings. The van der Waals surface area contributed by atoms with Crippen LogP contribution in [0.25, 0.3) is 0 Å². The summed E-state index contributed by atoms with van der Waals surface area (Å²) in [6.07, 6.45) is 0.252. The van der Waals surface area contributed by atoms with E-state index in [1.54, 1.807) is 12.1 Å². The van der Waals surface area contributed by atoms with Crippen LogP contribution in [-0.4, -0.2) is 11.8 Å². The van der Waals surface area contributed by atoms with Gasteiger partial charge in [0.15, 0.2) is 0 Å². The minimum atomic E-state index is -0.486. The topological polar surface area (TPSA) is 38.0 Å². The maximum absolute atomic E-state index is 13.6. The Hall–Kier alpha value is -1.50. The van der Waals surface area contributed by atoms with Gasteiger partial charge in [-0.2, -0.15) is 0 Å². The van der Waals surface area contributed by atoms with Crippen LogP contribution < -0.4 is 11.3 Å². The van der Waals surface area contributed by atoms with Crippen LogP contribution in [0.15, 0.2) is 47.4 Å². The van der Waals surface area contributed by atoms with E-state index in [9.17, 15) is 13.2 Å². The number of thioether (sulfide) groups is 1. The van der Waals surface area contributed by atoms with Crippen molar-refractivity contribution in [3.05, 3.63) is 65.5 Å². The van der Waals surface area contributed by atoms with Gasteiger partial charge in [0.25, 0.3) is 0 Å². The molecule has 2 nitrogen and oxygen atoms in total. The Morgan fingerprint density at radius 1 is 1.05 bits per heavy atom. The van der Waals surface area contributed by atoms with Gasteiger partial charge in [0.2, 0.25) is 0 Å². The molecule has 112 valence electrons. The lowest BCUT2D eigenvalue weighted by Crippen LogP contribution is -2.38. The molecule has 0 radical (unpaired) electrons. The Kier molecular flexibility index (Phi) is 5.67. The standard InChI is InChI=1S/C15H15F3N2S/c16-11-2-1-3-14(8-11)21-9-13(20-19)7-10-6-12(17)4-5-15(10)18/h1-6,8,13,20H,7,9,19H2. The third-order valence-corrected chi connectivity index (χ3v) is 4.11. The normalized spacial score (nSPS) is 12.4. The summed E-state index contributed by atoms with van der Waals surface area (Å²) < 4.78 is 39.8. The van der Waals surface area contributed by atoms with Gasteiger partial charge in [-0.1, -0.05) is 6.07 Å². The summed E-state index contributed by atoms with van der Waals surface area (Å²) in [5.74, 6) is 4.70. The van der Waals surface area contributed by atoms with Crippen LogP contribution in [0, 0.1) is 17.5 Å². The quantitative estimate of drug-likeness (QED) is 0.488.